The molecule has 29 heavy (non-hydrogen) atoms. The first-order valence-electron chi connectivity index (χ1n) is 10.5. The van der Waals surface area contributed by atoms with Gasteiger partial charge in [-0.25, -0.2) is 5.01 Å². The summed E-state index contributed by atoms with van der Waals surface area (Å²) in [6.45, 7) is 10.5. The standard InChI is InChI=1S/C23H30N4O2/c1-16-8-7-11-25(13-16)21(28)15-27-22(29)19-12-17-9-5-6-10-18(17)26(19)14-20(24-27)23(2,3)4/h5-6,9-10,12,16H,7-8,11,13-15H2,1-4H3. The molecule has 1 aromatic heterocycles. The van der Waals surface area contributed by atoms with Gasteiger partial charge in [0.1, 0.15) is 12.2 Å². The van der Waals surface area contributed by atoms with Gasteiger partial charge in [-0.05, 0) is 30.9 Å². The molecule has 0 spiro atoms. The van der Waals surface area contributed by atoms with Crippen LogP contribution in [0, 0.1) is 11.3 Å². The summed E-state index contributed by atoms with van der Waals surface area (Å²) in [5, 5.41) is 7.13. The number of benzene rings is 1. The minimum absolute atomic E-state index is 0.00728. The van der Waals surface area contributed by atoms with Gasteiger partial charge in [0, 0.05) is 29.4 Å². The van der Waals surface area contributed by atoms with Crippen molar-refractivity contribution in [1.29, 1.82) is 0 Å². The third kappa shape index (κ3) is 3.80. The Bertz CT molecular complexity index is 982. The molecule has 1 saturated heterocycles. The van der Waals surface area contributed by atoms with Gasteiger partial charge in [0.15, 0.2) is 0 Å². The van der Waals surface area contributed by atoms with Crippen LogP contribution >= 0.6 is 0 Å². The molecule has 0 bridgehead atoms. The van der Waals surface area contributed by atoms with Crippen LogP contribution in [0.3, 0.4) is 0 Å². The molecule has 6 nitrogen and oxygen atoms in total. The SMILES string of the molecule is CC1CCCN(C(=O)CN2N=C(C(C)(C)C)Cn3c(cc4ccccc43)C2=O)C1. The van der Waals surface area contributed by atoms with E-state index < -0.39 is 0 Å². The van der Waals surface area contributed by atoms with Crippen molar-refractivity contribution in [3.8, 4) is 0 Å². The second kappa shape index (κ2) is 7.32. The van der Waals surface area contributed by atoms with Crippen LogP contribution in [0.4, 0.5) is 0 Å². The Kier molecular flexibility index (Phi) is 4.97. The van der Waals surface area contributed by atoms with E-state index in [0.717, 1.165) is 42.5 Å². The van der Waals surface area contributed by atoms with Gasteiger partial charge in [-0.15, -0.1) is 0 Å². The monoisotopic (exact) mass is 394 g/mol. The van der Waals surface area contributed by atoms with Crippen molar-refractivity contribution in [2.45, 2.75) is 47.1 Å². The maximum Gasteiger partial charge on any atom is 0.291 e. The molecule has 0 saturated carbocycles. The summed E-state index contributed by atoms with van der Waals surface area (Å²) in [4.78, 5) is 28.2. The number of fused-ring (bicyclic) bond motifs is 3. The van der Waals surface area contributed by atoms with Gasteiger partial charge in [0.2, 0.25) is 5.91 Å². The molecule has 0 radical (unpaired) electrons. The normalized spacial score (nSPS) is 20.5. The third-order valence-electron chi connectivity index (χ3n) is 5.97. The van der Waals surface area contributed by atoms with Crippen molar-refractivity contribution in [2.24, 2.45) is 16.4 Å². The summed E-state index contributed by atoms with van der Waals surface area (Å²) < 4.78 is 2.04. The van der Waals surface area contributed by atoms with Crippen LogP contribution < -0.4 is 0 Å². The molecule has 2 amide bonds. The molecular formula is C23H30N4O2. The van der Waals surface area contributed by atoms with E-state index in [1.807, 2.05) is 39.8 Å². The van der Waals surface area contributed by atoms with E-state index >= 15 is 0 Å². The smallest absolute Gasteiger partial charge is 0.291 e. The lowest BCUT2D eigenvalue weighted by Gasteiger charge is -2.32. The van der Waals surface area contributed by atoms with Gasteiger partial charge in [-0.2, -0.15) is 5.10 Å². The summed E-state index contributed by atoms with van der Waals surface area (Å²) in [6, 6.07) is 9.92. The van der Waals surface area contributed by atoms with Crippen molar-refractivity contribution in [3.05, 3.63) is 36.0 Å². The van der Waals surface area contributed by atoms with E-state index in [1.165, 1.54) is 5.01 Å². The molecule has 2 aromatic rings. The lowest BCUT2D eigenvalue weighted by molar-refractivity contribution is -0.133. The highest BCUT2D eigenvalue weighted by atomic mass is 16.2. The molecule has 3 heterocycles. The largest absolute Gasteiger partial charge is 0.341 e. The Morgan fingerprint density at radius 2 is 2.00 bits per heavy atom. The highest BCUT2D eigenvalue weighted by Gasteiger charge is 2.32. The zero-order valence-corrected chi connectivity index (χ0v) is 17.8. The summed E-state index contributed by atoms with van der Waals surface area (Å²) in [5.41, 5.74) is 2.29. The van der Waals surface area contributed by atoms with Crippen LogP contribution in [0.1, 0.15) is 51.0 Å². The van der Waals surface area contributed by atoms with Crippen LogP contribution in [0.15, 0.2) is 35.4 Å². The van der Waals surface area contributed by atoms with E-state index in [1.54, 1.807) is 0 Å². The molecule has 4 rings (SSSR count). The number of hydrazone groups is 1. The minimum atomic E-state index is -0.214. The van der Waals surface area contributed by atoms with Crippen LogP contribution in [0.5, 0.6) is 0 Å². The van der Waals surface area contributed by atoms with Gasteiger partial charge in [-0.3, -0.25) is 9.59 Å². The van der Waals surface area contributed by atoms with Crippen molar-refractivity contribution in [2.75, 3.05) is 19.6 Å². The first-order valence-corrected chi connectivity index (χ1v) is 10.5. The maximum absolute atomic E-state index is 13.4. The fourth-order valence-electron chi connectivity index (χ4n) is 4.20. The van der Waals surface area contributed by atoms with Crippen molar-refractivity contribution in [3.63, 3.8) is 0 Å². The quantitative estimate of drug-likeness (QED) is 0.779. The number of amides is 2. The summed E-state index contributed by atoms with van der Waals surface area (Å²) >= 11 is 0. The Morgan fingerprint density at radius 1 is 1.24 bits per heavy atom. The van der Waals surface area contributed by atoms with Crippen molar-refractivity contribution < 1.29 is 9.59 Å². The van der Waals surface area contributed by atoms with E-state index in [4.69, 9.17) is 5.10 Å². The number of nitrogens with zero attached hydrogens (tertiary/aromatic N) is 4. The van der Waals surface area contributed by atoms with Gasteiger partial charge in [-0.1, -0.05) is 45.9 Å². The Morgan fingerprint density at radius 3 is 2.72 bits per heavy atom. The molecule has 154 valence electrons. The van der Waals surface area contributed by atoms with E-state index in [0.29, 0.717) is 18.2 Å². The molecule has 1 fully saturated rings. The molecule has 1 atom stereocenters. The minimum Gasteiger partial charge on any atom is -0.341 e. The van der Waals surface area contributed by atoms with E-state index in [2.05, 4.69) is 27.7 Å². The molecule has 1 unspecified atom stereocenters. The Hall–Kier alpha value is -2.63. The number of hydrogen-bond donors (Lipinski definition) is 0. The summed E-state index contributed by atoms with van der Waals surface area (Å²) in [7, 11) is 0. The summed E-state index contributed by atoms with van der Waals surface area (Å²) in [6.07, 6.45) is 2.17. The second-order valence-electron chi connectivity index (χ2n) is 9.42. The van der Waals surface area contributed by atoms with Gasteiger partial charge >= 0.3 is 0 Å². The van der Waals surface area contributed by atoms with Gasteiger partial charge in [0.05, 0.1) is 12.3 Å². The molecule has 0 N–H and O–H groups in total. The molecule has 2 aliphatic rings. The number of rotatable bonds is 2. The molecule has 0 aliphatic carbocycles. The Labute approximate surface area is 172 Å². The third-order valence-corrected chi connectivity index (χ3v) is 5.97. The summed E-state index contributed by atoms with van der Waals surface area (Å²) in [5.74, 6) is 0.272. The van der Waals surface area contributed by atoms with Crippen LogP contribution in [-0.2, 0) is 11.3 Å². The highest BCUT2D eigenvalue weighted by molar-refractivity contribution is 6.03. The number of carbonyl (C=O) groups is 2. The number of piperidine rings is 1. The predicted molar refractivity (Wildman–Crippen MR) is 115 cm³/mol. The van der Waals surface area contributed by atoms with Crippen LogP contribution in [0.2, 0.25) is 0 Å². The zero-order valence-electron chi connectivity index (χ0n) is 17.8. The Balaban J connectivity index is 1.70. The fourth-order valence-corrected chi connectivity index (χ4v) is 4.20. The first kappa shape index (κ1) is 19.7. The molecule has 2 aliphatic heterocycles. The second-order valence-corrected chi connectivity index (χ2v) is 9.42. The number of carbonyl (C=O) groups excluding carboxylic acids is 2. The van der Waals surface area contributed by atoms with Crippen LogP contribution in [0.25, 0.3) is 10.9 Å². The average molecular weight is 395 g/mol. The first-order chi connectivity index (χ1) is 13.7. The lowest BCUT2D eigenvalue weighted by atomic mass is 9.90. The number of likely N-dealkylation sites (tertiary alicyclic amines) is 1. The van der Waals surface area contributed by atoms with Gasteiger partial charge < -0.3 is 9.47 Å². The van der Waals surface area contributed by atoms with Crippen LogP contribution in [-0.4, -0.2) is 51.6 Å². The molecular weight excluding hydrogens is 364 g/mol. The number of aromatic nitrogens is 1. The fraction of sp³-hybridized carbons (Fsp3) is 0.522. The van der Waals surface area contributed by atoms with E-state index in [9.17, 15) is 9.59 Å². The van der Waals surface area contributed by atoms with Gasteiger partial charge in [0.25, 0.3) is 5.91 Å². The van der Waals surface area contributed by atoms with E-state index in [-0.39, 0.29) is 23.8 Å². The van der Waals surface area contributed by atoms with Crippen molar-refractivity contribution >= 4 is 28.4 Å². The predicted octanol–water partition coefficient (Wildman–Crippen LogP) is 3.76. The highest BCUT2D eigenvalue weighted by Crippen LogP contribution is 2.28. The number of hydrogen-bond acceptors (Lipinski definition) is 3. The van der Waals surface area contributed by atoms with Crippen molar-refractivity contribution in [1.82, 2.24) is 14.5 Å². The molecule has 6 heteroatoms. The number of para-hydroxylation sites is 1. The zero-order chi connectivity index (χ0) is 20.8. The average Bonchev–Trinajstić information content (AvgIpc) is 2.97. The topological polar surface area (TPSA) is 57.9 Å². The lowest BCUT2D eigenvalue weighted by Crippen LogP contribution is -2.45. The molecule has 1 aromatic carbocycles. The maximum atomic E-state index is 13.4.